The van der Waals surface area contributed by atoms with Crippen LogP contribution in [0.2, 0.25) is 0 Å². The van der Waals surface area contributed by atoms with E-state index in [4.69, 9.17) is 5.73 Å². The van der Waals surface area contributed by atoms with Crippen LogP contribution < -0.4 is 11.1 Å². The van der Waals surface area contributed by atoms with Gasteiger partial charge in [0.15, 0.2) is 0 Å². The summed E-state index contributed by atoms with van der Waals surface area (Å²) in [7, 11) is 0. The molecule has 0 aromatic carbocycles. The second kappa shape index (κ2) is 4.25. The summed E-state index contributed by atoms with van der Waals surface area (Å²) in [5, 5.41) is 7.57. The lowest BCUT2D eigenvalue weighted by Crippen LogP contribution is -2.45. The lowest BCUT2D eigenvalue weighted by molar-refractivity contribution is -0.120. The van der Waals surface area contributed by atoms with Gasteiger partial charge in [0.1, 0.15) is 6.04 Å². The molecular formula is C11H18N4O. The van der Waals surface area contributed by atoms with Gasteiger partial charge < -0.3 is 11.1 Å². The van der Waals surface area contributed by atoms with Gasteiger partial charge in [0, 0.05) is 11.7 Å². The fourth-order valence-corrected chi connectivity index (χ4v) is 1.79. The first-order valence-electron chi connectivity index (χ1n) is 5.62. The Kier molecular flexibility index (Phi) is 2.96. The highest BCUT2D eigenvalue weighted by Gasteiger charge is 2.27. The fourth-order valence-electron chi connectivity index (χ4n) is 1.79. The van der Waals surface area contributed by atoms with Crippen LogP contribution in [0.25, 0.3) is 0 Å². The predicted molar refractivity (Wildman–Crippen MR) is 60.8 cm³/mol. The van der Waals surface area contributed by atoms with Gasteiger partial charge >= 0.3 is 0 Å². The third-order valence-corrected chi connectivity index (χ3v) is 2.82. The largest absolute Gasteiger partial charge is 0.368 e. The molecule has 1 amide bonds. The van der Waals surface area contributed by atoms with E-state index in [0.29, 0.717) is 12.6 Å². The number of nitrogens with two attached hydrogens (primary N) is 1. The van der Waals surface area contributed by atoms with E-state index in [9.17, 15) is 4.79 Å². The molecule has 5 heteroatoms. The SMILES string of the molecule is Cc1cc(C)n(CC(NC2CC2)C(N)=O)n1. The molecule has 1 aliphatic rings. The molecule has 1 atom stereocenters. The van der Waals surface area contributed by atoms with E-state index < -0.39 is 0 Å². The average molecular weight is 222 g/mol. The predicted octanol–water partition coefficient (Wildman–Crippen LogP) is 0.106. The number of carbonyl (C=O) groups excluding carboxylic acids is 1. The van der Waals surface area contributed by atoms with Gasteiger partial charge in [0.05, 0.1) is 12.2 Å². The Morgan fingerprint density at radius 3 is 2.81 bits per heavy atom. The minimum Gasteiger partial charge on any atom is -0.368 e. The summed E-state index contributed by atoms with van der Waals surface area (Å²) in [6.45, 7) is 4.44. The number of primary amides is 1. The topological polar surface area (TPSA) is 72.9 Å². The van der Waals surface area contributed by atoms with E-state index in [1.807, 2.05) is 24.6 Å². The zero-order valence-corrected chi connectivity index (χ0v) is 9.73. The second-order valence-corrected chi connectivity index (χ2v) is 4.51. The number of rotatable bonds is 5. The van der Waals surface area contributed by atoms with Crippen molar-refractivity contribution in [1.82, 2.24) is 15.1 Å². The highest BCUT2D eigenvalue weighted by Crippen LogP contribution is 2.19. The molecule has 1 saturated carbocycles. The van der Waals surface area contributed by atoms with Gasteiger partial charge in [-0.2, -0.15) is 5.10 Å². The molecule has 1 fully saturated rings. The van der Waals surface area contributed by atoms with Crippen molar-refractivity contribution in [2.45, 2.75) is 45.3 Å². The number of aryl methyl sites for hydroxylation is 2. The van der Waals surface area contributed by atoms with E-state index in [1.165, 1.54) is 0 Å². The molecule has 0 saturated heterocycles. The first-order valence-corrected chi connectivity index (χ1v) is 5.62. The minimum atomic E-state index is -0.314. The van der Waals surface area contributed by atoms with Gasteiger partial charge in [-0.05, 0) is 32.8 Å². The highest BCUT2D eigenvalue weighted by molar-refractivity contribution is 5.79. The minimum absolute atomic E-state index is 0.306. The number of nitrogens with zero attached hydrogens (tertiary/aromatic N) is 2. The van der Waals surface area contributed by atoms with Crippen molar-refractivity contribution in [2.75, 3.05) is 0 Å². The van der Waals surface area contributed by atoms with Crippen molar-refractivity contribution < 1.29 is 4.79 Å². The molecule has 2 rings (SSSR count). The average Bonchev–Trinajstić information content (AvgIpc) is 2.93. The molecule has 1 unspecified atom stereocenters. The first kappa shape index (κ1) is 11.1. The van der Waals surface area contributed by atoms with Crippen molar-refractivity contribution in [3.05, 3.63) is 17.5 Å². The molecule has 0 radical (unpaired) electrons. The first-order chi connectivity index (χ1) is 7.56. The normalized spacial score (nSPS) is 17.4. The van der Waals surface area contributed by atoms with Crippen molar-refractivity contribution in [3.63, 3.8) is 0 Å². The van der Waals surface area contributed by atoms with Crippen molar-refractivity contribution >= 4 is 5.91 Å². The molecule has 88 valence electrons. The smallest absolute Gasteiger partial charge is 0.236 e. The van der Waals surface area contributed by atoms with E-state index in [2.05, 4.69) is 10.4 Å². The van der Waals surface area contributed by atoms with Crippen LogP contribution in [-0.4, -0.2) is 27.8 Å². The highest BCUT2D eigenvalue weighted by atomic mass is 16.1. The number of amides is 1. The number of carbonyl (C=O) groups is 1. The quantitative estimate of drug-likeness (QED) is 0.742. The summed E-state index contributed by atoms with van der Waals surface area (Å²) in [6, 6.07) is 2.15. The van der Waals surface area contributed by atoms with Crippen LogP contribution in [0.15, 0.2) is 6.07 Å². The van der Waals surface area contributed by atoms with Gasteiger partial charge in [-0.3, -0.25) is 9.48 Å². The van der Waals surface area contributed by atoms with Crippen LogP contribution in [0, 0.1) is 13.8 Å². The molecule has 3 N–H and O–H groups in total. The van der Waals surface area contributed by atoms with Gasteiger partial charge in [-0.15, -0.1) is 0 Å². The lowest BCUT2D eigenvalue weighted by Gasteiger charge is -2.15. The summed E-state index contributed by atoms with van der Waals surface area (Å²) < 4.78 is 1.83. The van der Waals surface area contributed by atoms with Crippen LogP contribution in [0.5, 0.6) is 0 Å². The molecule has 1 aromatic heterocycles. The zero-order chi connectivity index (χ0) is 11.7. The summed E-state index contributed by atoms with van der Waals surface area (Å²) in [6.07, 6.45) is 2.28. The summed E-state index contributed by atoms with van der Waals surface area (Å²) in [5.74, 6) is -0.306. The Balaban J connectivity index is 2.03. The molecule has 0 bridgehead atoms. The van der Waals surface area contributed by atoms with E-state index in [-0.39, 0.29) is 11.9 Å². The maximum absolute atomic E-state index is 11.3. The standard InChI is InChI=1S/C11H18N4O/c1-7-5-8(2)15(14-7)6-10(11(12)16)13-9-3-4-9/h5,9-10,13H,3-4,6H2,1-2H3,(H2,12,16). The fraction of sp³-hybridized carbons (Fsp3) is 0.636. The number of nitrogens with one attached hydrogen (secondary N) is 1. The number of hydrogen-bond donors (Lipinski definition) is 2. The number of aromatic nitrogens is 2. The Morgan fingerprint density at radius 1 is 1.69 bits per heavy atom. The van der Waals surface area contributed by atoms with Gasteiger partial charge in [0.2, 0.25) is 5.91 Å². The zero-order valence-electron chi connectivity index (χ0n) is 9.73. The lowest BCUT2D eigenvalue weighted by atomic mass is 10.2. The Morgan fingerprint density at radius 2 is 2.38 bits per heavy atom. The van der Waals surface area contributed by atoms with E-state index in [1.54, 1.807) is 0 Å². The van der Waals surface area contributed by atoms with Crippen LogP contribution in [0.3, 0.4) is 0 Å². The molecule has 1 heterocycles. The Labute approximate surface area is 95.0 Å². The third kappa shape index (κ3) is 2.61. The van der Waals surface area contributed by atoms with Gasteiger partial charge in [-0.25, -0.2) is 0 Å². The Hall–Kier alpha value is -1.36. The third-order valence-electron chi connectivity index (χ3n) is 2.82. The molecular weight excluding hydrogens is 204 g/mol. The maximum atomic E-state index is 11.3. The van der Waals surface area contributed by atoms with Crippen molar-refractivity contribution in [2.24, 2.45) is 5.73 Å². The Bertz CT molecular complexity index is 395. The summed E-state index contributed by atoms with van der Waals surface area (Å²) >= 11 is 0. The van der Waals surface area contributed by atoms with Crippen LogP contribution >= 0.6 is 0 Å². The molecule has 1 aliphatic carbocycles. The maximum Gasteiger partial charge on any atom is 0.236 e. The monoisotopic (exact) mass is 222 g/mol. The number of hydrogen-bond acceptors (Lipinski definition) is 3. The van der Waals surface area contributed by atoms with Crippen LogP contribution in [0.4, 0.5) is 0 Å². The van der Waals surface area contributed by atoms with E-state index in [0.717, 1.165) is 24.2 Å². The van der Waals surface area contributed by atoms with Crippen molar-refractivity contribution in [1.29, 1.82) is 0 Å². The van der Waals surface area contributed by atoms with Crippen LogP contribution in [0.1, 0.15) is 24.2 Å². The van der Waals surface area contributed by atoms with Gasteiger partial charge in [-0.1, -0.05) is 0 Å². The second-order valence-electron chi connectivity index (χ2n) is 4.51. The molecule has 0 spiro atoms. The van der Waals surface area contributed by atoms with E-state index >= 15 is 0 Å². The van der Waals surface area contributed by atoms with Crippen molar-refractivity contribution in [3.8, 4) is 0 Å². The van der Waals surface area contributed by atoms with Gasteiger partial charge in [0.25, 0.3) is 0 Å². The molecule has 5 nitrogen and oxygen atoms in total. The van der Waals surface area contributed by atoms with Crippen LogP contribution in [-0.2, 0) is 11.3 Å². The summed E-state index contributed by atoms with van der Waals surface area (Å²) in [4.78, 5) is 11.3. The molecule has 16 heavy (non-hydrogen) atoms. The molecule has 1 aromatic rings. The molecule has 0 aliphatic heterocycles. The summed E-state index contributed by atoms with van der Waals surface area (Å²) in [5.41, 5.74) is 7.40.